The maximum atomic E-state index is 13.8. The highest BCUT2D eigenvalue weighted by molar-refractivity contribution is 6.06. The lowest BCUT2D eigenvalue weighted by atomic mass is 10.1. The topological polar surface area (TPSA) is 118 Å². The lowest BCUT2D eigenvalue weighted by Crippen LogP contribution is -2.58. The number of nitrogens with zero attached hydrogens (tertiary/aromatic N) is 4. The van der Waals surface area contributed by atoms with Crippen LogP contribution in [0.5, 0.6) is 11.5 Å². The fourth-order valence-corrected chi connectivity index (χ4v) is 4.09. The van der Waals surface area contributed by atoms with Gasteiger partial charge in [-0.3, -0.25) is 14.6 Å². The Morgan fingerprint density at radius 2 is 1.84 bits per heavy atom. The van der Waals surface area contributed by atoms with E-state index in [4.69, 9.17) is 19.2 Å². The molecule has 2 aromatic carbocycles. The maximum absolute atomic E-state index is 13.8. The van der Waals surface area contributed by atoms with E-state index in [1.807, 2.05) is 6.07 Å². The zero-order valence-electron chi connectivity index (χ0n) is 20.4. The molecule has 2 N–H and O–H groups in total. The van der Waals surface area contributed by atoms with Crippen molar-refractivity contribution in [3.8, 4) is 11.5 Å². The van der Waals surface area contributed by atoms with Crippen molar-refractivity contribution in [3.05, 3.63) is 66.9 Å². The van der Waals surface area contributed by atoms with E-state index in [1.165, 1.54) is 6.08 Å². The number of para-hydroxylation sites is 2. The number of anilines is 5. The molecule has 0 bridgehead atoms. The van der Waals surface area contributed by atoms with Crippen LogP contribution in [-0.2, 0) is 16.1 Å². The van der Waals surface area contributed by atoms with Gasteiger partial charge in [0.15, 0.2) is 0 Å². The van der Waals surface area contributed by atoms with Gasteiger partial charge < -0.3 is 24.8 Å². The van der Waals surface area contributed by atoms with Crippen LogP contribution in [0, 0.1) is 0 Å². The number of hydrogen-bond donors (Lipinski definition) is 2. The fourth-order valence-electron chi connectivity index (χ4n) is 4.09. The molecule has 0 aliphatic carbocycles. The Balaban J connectivity index is 1.49. The molecule has 11 heteroatoms. The Morgan fingerprint density at radius 1 is 1.14 bits per heavy atom. The SMILES string of the molecule is C=CC(=O)Nc1ccccc1Nc1ncc2c(n1)N(C1COC1)C(=O)N(c1cc(OC)cc(OC)c1)C2. The monoisotopic (exact) mass is 502 g/mol. The van der Waals surface area contributed by atoms with Gasteiger partial charge in [-0.05, 0) is 18.2 Å². The number of hydrogen-bond acceptors (Lipinski definition) is 8. The molecule has 0 spiro atoms. The summed E-state index contributed by atoms with van der Waals surface area (Å²) in [5, 5.41) is 5.90. The van der Waals surface area contributed by atoms with Crippen LogP contribution in [0.25, 0.3) is 0 Å². The highest BCUT2D eigenvalue weighted by atomic mass is 16.5. The van der Waals surface area contributed by atoms with Crippen LogP contribution in [0.15, 0.2) is 61.3 Å². The van der Waals surface area contributed by atoms with Crippen molar-refractivity contribution in [2.75, 3.05) is 47.9 Å². The molecule has 2 aliphatic rings. The van der Waals surface area contributed by atoms with Gasteiger partial charge in [-0.25, -0.2) is 9.78 Å². The summed E-state index contributed by atoms with van der Waals surface area (Å²) < 4.78 is 16.2. The minimum Gasteiger partial charge on any atom is -0.497 e. The van der Waals surface area contributed by atoms with Gasteiger partial charge in [0, 0.05) is 30.0 Å². The number of carbonyl (C=O) groups excluding carboxylic acids is 2. The highest BCUT2D eigenvalue weighted by Gasteiger charge is 2.40. The first-order chi connectivity index (χ1) is 18.0. The number of aromatic nitrogens is 2. The quantitative estimate of drug-likeness (QED) is 0.448. The van der Waals surface area contributed by atoms with Gasteiger partial charge in [0.1, 0.15) is 17.3 Å². The third-order valence-electron chi connectivity index (χ3n) is 6.09. The number of amides is 3. The molecule has 190 valence electrons. The lowest BCUT2D eigenvalue weighted by Gasteiger charge is -2.43. The number of benzene rings is 2. The Morgan fingerprint density at radius 3 is 2.46 bits per heavy atom. The molecule has 11 nitrogen and oxygen atoms in total. The molecule has 0 atom stereocenters. The summed E-state index contributed by atoms with van der Waals surface area (Å²) in [6.07, 6.45) is 2.89. The van der Waals surface area contributed by atoms with Crippen LogP contribution in [0.3, 0.4) is 0 Å². The van der Waals surface area contributed by atoms with Crippen molar-refractivity contribution in [3.63, 3.8) is 0 Å². The Labute approximate surface area is 213 Å². The molecule has 3 aromatic rings. The lowest BCUT2D eigenvalue weighted by molar-refractivity contribution is -0.111. The first-order valence-electron chi connectivity index (χ1n) is 11.6. The van der Waals surface area contributed by atoms with Gasteiger partial charge >= 0.3 is 6.03 Å². The molecule has 0 unspecified atom stereocenters. The van der Waals surface area contributed by atoms with Crippen LogP contribution in [0.1, 0.15) is 5.56 Å². The summed E-state index contributed by atoms with van der Waals surface area (Å²) in [4.78, 5) is 38.1. The predicted octanol–water partition coefficient (Wildman–Crippen LogP) is 3.71. The van der Waals surface area contributed by atoms with Crippen molar-refractivity contribution in [1.82, 2.24) is 9.97 Å². The predicted molar refractivity (Wildman–Crippen MR) is 139 cm³/mol. The van der Waals surface area contributed by atoms with Crippen molar-refractivity contribution in [2.45, 2.75) is 12.6 Å². The molecule has 0 saturated carbocycles. The minimum atomic E-state index is -0.336. The maximum Gasteiger partial charge on any atom is 0.330 e. The molecule has 1 saturated heterocycles. The van der Waals surface area contributed by atoms with Crippen molar-refractivity contribution in [1.29, 1.82) is 0 Å². The number of ether oxygens (including phenoxy) is 3. The summed E-state index contributed by atoms with van der Waals surface area (Å²) in [5.41, 5.74) is 2.55. The van der Waals surface area contributed by atoms with Crippen molar-refractivity contribution >= 4 is 40.8 Å². The number of carbonyl (C=O) groups is 2. The Kier molecular flexibility index (Phi) is 6.60. The number of fused-ring (bicyclic) bond motifs is 1. The van der Waals surface area contributed by atoms with Gasteiger partial charge in [0.2, 0.25) is 11.9 Å². The zero-order chi connectivity index (χ0) is 25.9. The third-order valence-corrected chi connectivity index (χ3v) is 6.09. The van der Waals surface area contributed by atoms with Gasteiger partial charge in [-0.2, -0.15) is 4.98 Å². The second kappa shape index (κ2) is 10.2. The summed E-state index contributed by atoms with van der Waals surface area (Å²) >= 11 is 0. The fraction of sp³-hybridized carbons (Fsp3) is 0.231. The van der Waals surface area contributed by atoms with Crippen LogP contribution in [-0.4, -0.2) is 55.4 Å². The van der Waals surface area contributed by atoms with Crippen LogP contribution in [0.2, 0.25) is 0 Å². The van der Waals surface area contributed by atoms with E-state index in [9.17, 15) is 9.59 Å². The zero-order valence-corrected chi connectivity index (χ0v) is 20.4. The van der Waals surface area contributed by atoms with Crippen LogP contribution in [0.4, 0.5) is 33.6 Å². The second-order valence-corrected chi connectivity index (χ2v) is 8.41. The van der Waals surface area contributed by atoms with E-state index in [-0.39, 0.29) is 30.5 Å². The van der Waals surface area contributed by atoms with E-state index in [1.54, 1.807) is 66.6 Å². The number of urea groups is 1. The first-order valence-corrected chi connectivity index (χ1v) is 11.6. The number of methoxy groups -OCH3 is 2. The normalized spacial score (nSPS) is 14.9. The Bertz CT molecular complexity index is 1340. The summed E-state index contributed by atoms with van der Waals surface area (Å²) in [6, 6.07) is 12.1. The molecular formula is C26H26N6O5. The second-order valence-electron chi connectivity index (χ2n) is 8.41. The smallest absolute Gasteiger partial charge is 0.330 e. The molecule has 0 radical (unpaired) electrons. The largest absolute Gasteiger partial charge is 0.497 e. The highest BCUT2D eigenvalue weighted by Crippen LogP contribution is 2.37. The number of rotatable bonds is 8. The molecular weight excluding hydrogens is 476 g/mol. The van der Waals surface area contributed by atoms with Gasteiger partial charge in [0.05, 0.1) is 57.1 Å². The van der Waals surface area contributed by atoms with Gasteiger partial charge in [-0.15, -0.1) is 0 Å². The Hall–Kier alpha value is -4.64. The average Bonchev–Trinajstić information content (AvgIpc) is 2.89. The van der Waals surface area contributed by atoms with Crippen LogP contribution >= 0.6 is 0 Å². The average molecular weight is 503 g/mol. The third kappa shape index (κ3) is 4.76. The van der Waals surface area contributed by atoms with Crippen molar-refractivity contribution in [2.24, 2.45) is 0 Å². The van der Waals surface area contributed by atoms with E-state index >= 15 is 0 Å². The molecule has 1 fully saturated rings. The minimum absolute atomic E-state index is 0.163. The van der Waals surface area contributed by atoms with Gasteiger partial charge in [-0.1, -0.05) is 18.7 Å². The van der Waals surface area contributed by atoms with E-state index in [0.717, 1.165) is 5.56 Å². The number of nitrogens with one attached hydrogen (secondary N) is 2. The molecule has 1 aromatic heterocycles. The molecule has 3 heterocycles. The van der Waals surface area contributed by atoms with Crippen molar-refractivity contribution < 1.29 is 23.8 Å². The molecule has 37 heavy (non-hydrogen) atoms. The molecule has 2 aliphatic heterocycles. The van der Waals surface area contributed by atoms with Gasteiger partial charge in [0.25, 0.3) is 0 Å². The summed E-state index contributed by atoms with van der Waals surface area (Å²) in [5.74, 6) is 1.61. The summed E-state index contributed by atoms with van der Waals surface area (Å²) in [7, 11) is 3.13. The van der Waals surface area contributed by atoms with Crippen LogP contribution < -0.4 is 29.9 Å². The summed E-state index contributed by atoms with van der Waals surface area (Å²) in [6.45, 7) is 4.57. The molecule has 3 amide bonds. The standard InChI is InChI=1S/C26H26N6O5/c1-4-23(33)28-21-7-5-6-8-22(21)29-25-27-12-16-13-31(17-9-19(35-2)11-20(10-17)36-3)26(34)32(24(16)30-25)18-14-37-15-18/h4-12,18H,1,13-15H2,2-3H3,(H,28,33)(H,27,29,30). The van der Waals surface area contributed by atoms with E-state index in [0.29, 0.717) is 47.6 Å². The molecule has 5 rings (SSSR count). The first kappa shape index (κ1) is 24.1. The van der Waals surface area contributed by atoms with E-state index in [2.05, 4.69) is 22.2 Å². The van der Waals surface area contributed by atoms with E-state index < -0.39 is 0 Å².